The highest BCUT2D eigenvalue weighted by Gasteiger charge is 2.44. The largest absolute Gasteiger partial charge is 0.479 e. The van der Waals surface area contributed by atoms with Crippen molar-refractivity contribution in [3.63, 3.8) is 0 Å². The van der Waals surface area contributed by atoms with E-state index in [9.17, 15) is 14.7 Å². The third kappa shape index (κ3) is 3.21. The summed E-state index contributed by atoms with van der Waals surface area (Å²) in [6, 6.07) is -0.335. The van der Waals surface area contributed by atoms with E-state index < -0.39 is 17.5 Å². The first-order valence-corrected chi connectivity index (χ1v) is 7.01. The van der Waals surface area contributed by atoms with E-state index in [2.05, 4.69) is 29.5 Å². The highest BCUT2D eigenvalue weighted by atomic mass is 16.5. The number of urea groups is 1. The Morgan fingerprint density at radius 3 is 2.75 bits per heavy atom. The summed E-state index contributed by atoms with van der Waals surface area (Å²) >= 11 is 0. The van der Waals surface area contributed by atoms with Crippen LogP contribution in [0.2, 0.25) is 0 Å². The molecule has 2 amide bonds. The van der Waals surface area contributed by atoms with Gasteiger partial charge in [0.05, 0.1) is 6.61 Å². The van der Waals surface area contributed by atoms with Crippen molar-refractivity contribution < 1.29 is 19.4 Å². The van der Waals surface area contributed by atoms with Crippen LogP contribution in [0.5, 0.6) is 0 Å². The van der Waals surface area contributed by atoms with Gasteiger partial charge in [0, 0.05) is 25.6 Å². The number of ether oxygens (including phenoxy) is 1. The van der Waals surface area contributed by atoms with Crippen LogP contribution in [0.4, 0.5) is 4.79 Å². The van der Waals surface area contributed by atoms with Gasteiger partial charge in [0.2, 0.25) is 0 Å². The molecule has 2 rings (SSSR count). The smallest absolute Gasteiger partial charge is 0.332 e. The summed E-state index contributed by atoms with van der Waals surface area (Å²) in [7, 11) is 2.06. The lowest BCUT2D eigenvalue weighted by Crippen LogP contribution is -2.60. The number of hydrogen-bond donors (Lipinski definition) is 3. The maximum absolute atomic E-state index is 12.0. The topological polar surface area (TPSA) is 90.9 Å². The van der Waals surface area contributed by atoms with Crippen LogP contribution in [0.1, 0.15) is 19.8 Å². The number of carboxylic acids is 1. The molecule has 7 heteroatoms. The Labute approximate surface area is 118 Å². The van der Waals surface area contributed by atoms with E-state index >= 15 is 0 Å². The lowest BCUT2D eigenvalue weighted by molar-refractivity contribution is -0.144. The second-order valence-electron chi connectivity index (χ2n) is 5.92. The molecule has 0 aromatic heterocycles. The summed E-state index contributed by atoms with van der Waals surface area (Å²) in [5.74, 6) is -0.693. The van der Waals surface area contributed by atoms with Gasteiger partial charge in [-0.2, -0.15) is 0 Å². The average Bonchev–Trinajstić information content (AvgIpc) is 2.82. The van der Waals surface area contributed by atoms with Gasteiger partial charge >= 0.3 is 12.0 Å². The minimum Gasteiger partial charge on any atom is -0.479 e. The van der Waals surface area contributed by atoms with Crippen molar-refractivity contribution in [1.82, 2.24) is 15.5 Å². The number of aliphatic carboxylic acids is 1. The Bertz CT molecular complexity index is 382. The summed E-state index contributed by atoms with van der Waals surface area (Å²) in [5.41, 5.74) is -1.28. The predicted molar refractivity (Wildman–Crippen MR) is 72.5 cm³/mol. The summed E-state index contributed by atoms with van der Waals surface area (Å²) in [5, 5.41) is 14.8. The fourth-order valence-corrected chi connectivity index (χ4v) is 2.88. The molecule has 0 aliphatic carbocycles. The Morgan fingerprint density at radius 1 is 1.45 bits per heavy atom. The molecule has 2 heterocycles. The Morgan fingerprint density at radius 2 is 2.20 bits per heavy atom. The number of nitrogens with one attached hydrogen (secondary N) is 2. The first-order valence-electron chi connectivity index (χ1n) is 7.01. The number of amides is 2. The molecule has 2 fully saturated rings. The number of carbonyl (C=O) groups is 2. The van der Waals surface area contributed by atoms with Crippen molar-refractivity contribution in [2.24, 2.45) is 5.92 Å². The molecule has 114 valence electrons. The standard InChI is InChI=1S/C13H23N3O4/c1-9-7-16(2)5-3-10(9)14-12(19)15-13(11(17)18)4-6-20-8-13/h9-10H,3-8H2,1-2H3,(H,17,18)(H2,14,15,19). The number of carboxylic acid groups (broad SMARTS) is 1. The van der Waals surface area contributed by atoms with E-state index in [4.69, 9.17) is 4.74 Å². The number of likely N-dealkylation sites (tertiary alicyclic amines) is 1. The van der Waals surface area contributed by atoms with Gasteiger partial charge in [-0.3, -0.25) is 0 Å². The van der Waals surface area contributed by atoms with Crippen LogP contribution in [0, 0.1) is 5.92 Å². The summed E-state index contributed by atoms with van der Waals surface area (Å²) < 4.78 is 5.12. The van der Waals surface area contributed by atoms with Gasteiger partial charge in [-0.1, -0.05) is 6.92 Å². The zero-order valence-corrected chi connectivity index (χ0v) is 12.0. The monoisotopic (exact) mass is 285 g/mol. The number of carbonyl (C=O) groups excluding carboxylic acids is 1. The Balaban J connectivity index is 1.90. The van der Waals surface area contributed by atoms with Gasteiger partial charge in [0.15, 0.2) is 5.54 Å². The van der Waals surface area contributed by atoms with Crippen molar-refractivity contribution in [3.8, 4) is 0 Å². The molecule has 0 bridgehead atoms. The van der Waals surface area contributed by atoms with Crippen LogP contribution < -0.4 is 10.6 Å². The minimum absolute atomic E-state index is 0.0265. The van der Waals surface area contributed by atoms with Crippen LogP contribution in [0.25, 0.3) is 0 Å². The second-order valence-corrected chi connectivity index (χ2v) is 5.92. The first-order chi connectivity index (χ1) is 9.43. The summed E-state index contributed by atoms with van der Waals surface area (Å²) in [4.78, 5) is 25.6. The third-order valence-corrected chi connectivity index (χ3v) is 4.21. The molecule has 3 N–H and O–H groups in total. The van der Waals surface area contributed by atoms with Gasteiger partial charge in [0.25, 0.3) is 0 Å². The van der Waals surface area contributed by atoms with E-state index in [0.717, 1.165) is 19.5 Å². The number of hydrogen-bond acceptors (Lipinski definition) is 4. The Hall–Kier alpha value is -1.34. The van der Waals surface area contributed by atoms with Crippen LogP contribution in [-0.4, -0.2) is 66.9 Å². The molecular formula is C13H23N3O4. The normalized spacial score (nSPS) is 34.7. The van der Waals surface area contributed by atoms with Crippen molar-refractivity contribution in [3.05, 3.63) is 0 Å². The summed E-state index contributed by atoms with van der Waals surface area (Å²) in [6.07, 6.45) is 1.18. The first kappa shape index (κ1) is 15.1. The van der Waals surface area contributed by atoms with Gasteiger partial charge < -0.3 is 25.4 Å². The average molecular weight is 285 g/mol. The zero-order valence-electron chi connectivity index (χ0n) is 12.0. The van der Waals surface area contributed by atoms with Crippen LogP contribution in [0.15, 0.2) is 0 Å². The predicted octanol–water partition coefficient (Wildman–Crippen LogP) is -0.130. The van der Waals surface area contributed by atoms with Crippen molar-refractivity contribution in [2.75, 3.05) is 33.4 Å². The fraction of sp³-hybridized carbons (Fsp3) is 0.846. The minimum atomic E-state index is -1.28. The molecule has 7 nitrogen and oxygen atoms in total. The fourth-order valence-electron chi connectivity index (χ4n) is 2.88. The molecule has 0 radical (unpaired) electrons. The van der Waals surface area contributed by atoms with Crippen LogP contribution in [-0.2, 0) is 9.53 Å². The maximum atomic E-state index is 12.0. The van der Waals surface area contributed by atoms with Gasteiger partial charge in [-0.15, -0.1) is 0 Å². The van der Waals surface area contributed by atoms with Gasteiger partial charge in [0.1, 0.15) is 0 Å². The van der Waals surface area contributed by atoms with E-state index in [1.807, 2.05) is 0 Å². The van der Waals surface area contributed by atoms with Gasteiger partial charge in [-0.25, -0.2) is 9.59 Å². The van der Waals surface area contributed by atoms with E-state index in [1.54, 1.807) is 0 Å². The molecule has 2 aliphatic heterocycles. The number of nitrogens with zero attached hydrogens (tertiary/aromatic N) is 1. The lowest BCUT2D eigenvalue weighted by Gasteiger charge is -2.36. The number of rotatable bonds is 3. The molecule has 0 aromatic rings. The molecule has 20 heavy (non-hydrogen) atoms. The molecule has 2 saturated heterocycles. The summed E-state index contributed by atoms with van der Waals surface area (Å²) in [6.45, 7) is 4.34. The van der Waals surface area contributed by atoms with Crippen LogP contribution in [0.3, 0.4) is 0 Å². The highest BCUT2D eigenvalue weighted by molar-refractivity contribution is 5.86. The second kappa shape index (κ2) is 5.97. The zero-order chi connectivity index (χ0) is 14.8. The molecule has 0 spiro atoms. The highest BCUT2D eigenvalue weighted by Crippen LogP contribution is 2.19. The molecular weight excluding hydrogens is 262 g/mol. The third-order valence-electron chi connectivity index (χ3n) is 4.21. The molecule has 2 aliphatic rings. The quantitative estimate of drug-likeness (QED) is 0.672. The number of piperidine rings is 1. The molecule has 3 atom stereocenters. The van der Waals surface area contributed by atoms with Crippen molar-refractivity contribution >= 4 is 12.0 Å². The van der Waals surface area contributed by atoms with Crippen LogP contribution >= 0.6 is 0 Å². The lowest BCUT2D eigenvalue weighted by atomic mass is 9.94. The Kier molecular flexibility index (Phi) is 4.49. The molecule has 0 saturated carbocycles. The molecule has 0 aromatic carbocycles. The van der Waals surface area contributed by atoms with E-state index in [1.165, 1.54) is 0 Å². The van der Waals surface area contributed by atoms with E-state index in [0.29, 0.717) is 18.9 Å². The SMILES string of the molecule is CC1CN(C)CCC1NC(=O)NC1(C(=O)O)CCOC1. The van der Waals surface area contributed by atoms with Gasteiger partial charge in [-0.05, 0) is 25.9 Å². The van der Waals surface area contributed by atoms with Crippen molar-refractivity contribution in [2.45, 2.75) is 31.3 Å². The maximum Gasteiger partial charge on any atom is 0.332 e. The van der Waals surface area contributed by atoms with E-state index in [-0.39, 0.29) is 12.6 Å². The van der Waals surface area contributed by atoms with Crippen molar-refractivity contribution in [1.29, 1.82) is 0 Å². The molecule has 3 unspecified atom stereocenters.